The van der Waals surface area contributed by atoms with Crippen molar-refractivity contribution in [1.82, 2.24) is 14.5 Å². The van der Waals surface area contributed by atoms with Crippen LogP contribution in [0.3, 0.4) is 0 Å². The van der Waals surface area contributed by atoms with E-state index < -0.39 is 75.7 Å². The van der Waals surface area contributed by atoms with E-state index in [4.69, 9.17) is 9.47 Å². The average molecular weight is 730 g/mol. The second-order valence-corrected chi connectivity index (χ2v) is 14.9. The largest absolute Gasteiger partial charge is 0.479 e. The molecule has 0 unspecified atom stereocenters. The summed E-state index contributed by atoms with van der Waals surface area (Å²) in [5.41, 5.74) is -1.47. The molecule has 19 heteroatoms. The van der Waals surface area contributed by atoms with Crippen molar-refractivity contribution in [3.8, 4) is 5.75 Å². The molecular weight excluding hydrogens is 691 g/mol. The summed E-state index contributed by atoms with van der Waals surface area (Å²) in [6.07, 6.45) is -9.45. The Morgan fingerprint density at radius 3 is 2.34 bits per heavy atom. The zero-order valence-corrected chi connectivity index (χ0v) is 28.1. The van der Waals surface area contributed by atoms with Gasteiger partial charge >= 0.3 is 18.2 Å². The highest BCUT2D eigenvalue weighted by Crippen LogP contribution is 2.39. The molecule has 1 amide bonds. The first kappa shape index (κ1) is 37.2. The molecule has 1 aliphatic carbocycles. The van der Waals surface area contributed by atoms with E-state index in [1.807, 2.05) is 11.9 Å². The molecule has 1 saturated carbocycles. The van der Waals surface area contributed by atoms with Crippen LogP contribution in [0.15, 0.2) is 36.8 Å². The maximum absolute atomic E-state index is 13.9. The van der Waals surface area contributed by atoms with Crippen LogP contribution in [-0.2, 0) is 25.5 Å². The fourth-order valence-corrected chi connectivity index (χ4v) is 7.60. The van der Waals surface area contributed by atoms with Crippen LogP contribution in [0, 0.1) is 5.92 Å². The number of hydrogen-bond donors (Lipinski definition) is 4. The van der Waals surface area contributed by atoms with Gasteiger partial charge in [-0.3, -0.25) is 9.47 Å². The molecule has 0 bridgehead atoms. The van der Waals surface area contributed by atoms with Crippen LogP contribution in [0.25, 0.3) is 11.0 Å². The first-order valence-electron chi connectivity index (χ1n) is 15.8. The van der Waals surface area contributed by atoms with E-state index >= 15 is 0 Å². The van der Waals surface area contributed by atoms with E-state index in [-0.39, 0.29) is 29.1 Å². The number of carboxylic acids is 1. The lowest BCUT2D eigenvalue weighted by Gasteiger charge is -2.38. The minimum Gasteiger partial charge on any atom is -0.479 e. The number of ether oxygens (including phenoxy) is 2. The number of alkyl halides is 3. The molecule has 274 valence electrons. The molecule has 2 aliphatic rings. The van der Waals surface area contributed by atoms with Gasteiger partial charge in [0.25, 0.3) is 0 Å². The summed E-state index contributed by atoms with van der Waals surface area (Å²) < 4.78 is 77.4. The van der Waals surface area contributed by atoms with Gasteiger partial charge in [-0.2, -0.15) is 13.2 Å². The van der Waals surface area contributed by atoms with Crippen LogP contribution >= 0.6 is 0 Å². The molecule has 15 nitrogen and oxygen atoms in total. The molecule has 50 heavy (non-hydrogen) atoms. The fourth-order valence-electron chi connectivity index (χ4n) is 6.32. The maximum atomic E-state index is 13.9. The van der Waals surface area contributed by atoms with E-state index in [2.05, 4.69) is 9.97 Å². The number of aliphatic hydroxyl groups excluding tert-OH is 3. The minimum absolute atomic E-state index is 0.0259. The van der Waals surface area contributed by atoms with E-state index in [0.29, 0.717) is 36.2 Å². The lowest BCUT2D eigenvalue weighted by atomic mass is 9.86. The van der Waals surface area contributed by atoms with Crippen molar-refractivity contribution in [2.24, 2.45) is 5.92 Å². The first-order valence-corrected chi connectivity index (χ1v) is 17.6. The number of carboxylic acid groups (broad SMARTS) is 1. The Balaban J connectivity index is 1.42. The Labute approximate surface area is 284 Å². The van der Waals surface area contributed by atoms with Gasteiger partial charge in [0.1, 0.15) is 46.0 Å². The number of fused-ring (bicyclic) bond motifs is 1. The SMILES string of the molecule is CCS(=O)(=O)CC1CCC(N(C)c2ncnc3c2ccn3C(=O)N(C)c2cc(C(F)(F)F)ccc2O[C@@H]2O[C@H](C(=O)O)[C@@H](O)[C@H](O)[C@H]2O)CC1. The second-order valence-electron chi connectivity index (χ2n) is 12.5. The summed E-state index contributed by atoms with van der Waals surface area (Å²) in [5.74, 6) is -1.33. The second kappa shape index (κ2) is 14.3. The van der Waals surface area contributed by atoms with Gasteiger partial charge in [0.15, 0.2) is 11.8 Å². The molecule has 0 spiro atoms. The first-order chi connectivity index (χ1) is 23.4. The predicted molar refractivity (Wildman–Crippen MR) is 172 cm³/mol. The molecule has 2 aromatic heterocycles. The number of halogens is 3. The van der Waals surface area contributed by atoms with Crippen molar-refractivity contribution in [3.05, 3.63) is 42.4 Å². The molecule has 2 fully saturated rings. The Morgan fingerprint density at radius 1 is 1.04 bits per heavy atom. The average Bonchev–Trinajstić information content (AvgIpc) is 3.51. The molecule has 1 saturated heterocycles. The lowest BCUT2D eigenvalue weighted by Crippen LogP contribution is -2.61. The summed E-state index contributed by atoms with van der Waals surface area (Å²) in [5, 5.41) is 40.5. The van der Waals surface area contributed by atoms with Crippen molar-refractivity contribution in [1.29, 1.82) is 0 Å². The Hall–Kier alpha value is -4.04. The molecule has 1 aromatic carbocycles. The van der Waals surface area contributed by atoms with Gasteiger partial charge < -0.3 is 34.8 Å². The third kappa shape index (κ3) is 7.51. The van der Waals surface area contributed by atoms with Gasteiger partial charge in [-0.05, 0) is 55.9 Å². The molecule has 5 rings (SSSR count). The topological polar surface area (TPSA) is 205 Å². The number of nitrogens with zero attached hydrogens (tertiary/aromatic N) is 5. The fraction of sp³-hybridized carbons (Fsp3) is 0.548. The van der Waals surface area contributed by atoms with Crippen molar-refractivity contribution >= 4 is 44.4 Å². The standard InChI is InChI=1S/C31H38F3N5O10S/c1-4-50(46,47)14-16-5-8-18(9-6-16)37(2)26-19-11-12-39(27(19)36-15-35-26)30(45)38(3)20-13-17(31(32,33)34)7-10-21(20)48-29-24(42)22(40)23(41)25(49-29)28(43)44/h7,10-13,15-16,18,22-25,29,40-42H,4-6,8-9,14H2,1-3H3,(H,43,44)/t16?,18?,22-,23-,24+,25-,29+/m0/s1. The number of sulfone groups is 1. The van der Waals surface area contributed by atoms with Crippen molar-refractivity contribution in [2.45, 2.75) is 75.5 Å². The Morgan fingerprint density at radius 2 is 1.72 bits per heavy atom. The molecule has 3 aromatic rings. The molecule has 1 aliphatic heterocycles. The zero-order valence-electron chi connectivity index (χ0n) is 27.3. The highest BCUT2D eigenvalue weighted by molar-refractivity contribution is 7.91. The van der Waals surface area contributed by atoms with Crippen molar-refractivity contribution in [2.75, 3.05) is 35.4 Å². The number of aliphatic hydroxyl groups is 3. The van der Waals surface area contributed by atoms with Gasteiger partial charge in [-0.15, -0.1) is 0 Å². The quantitative estimate of drug-likeness (QED) is 0.250. The number of aromatic nitrogens is 3. The van der Waals surface area contributed by atoms with Crippen molar-refractivity contribution in [3.63, 3.8) is 0 Å². The Kier molecular flexibility index (Phi) is 10.6. The number of anilines is 2. The lowest BCUT2D eigenvalue weighted by molar-refractivity contribution is -0.271. The van der Waals surface area contributed by atoms with Gasteiger partial charge in [0, 0.05) is 32.1 Å². The number of hydrogen-bond acceptors (Lipinski definition) is 12. The number of amides is 1. The van der Waals surface area contributed by atoms with E-state index in [9.17, 15) is 51.6 Å². The Bertz CT molecular complexity index is 1830. The van der Waals surface area contributed by atoms with Crippen LogP contribution in [-0.4, -0.2) is 118 Å². The summed E-state index contributed by atoms with van der Waals surface area (Å²) in [6, 6.07) is 2.84. The third-order valence-electron chi connectivity index (χ3n) is 9.28. The van der Waals surface area contributed by atoms with Crippen LogP contribution in [0.2, 0.25) is 0 Å². The summed E-state index contributed by atoms with van der Waals surface area (Å²) in [7, 11) is -0.0985. The monoisotopic (exact) mass is 729 g/mol. The number of rotatable bonds is 9. The molecule has 5 atom stereocenters. The smallest absolute Gasteiger partial charge is 0.416 e. The van der Waals surface area contributed by atoms with Gasteiger partial charge in [0.05, 0.1) is 22.4 Å². The van der Waals surface area contributed by atoms with Gasteiger partial charge in [-0.1, -0.05) is 6.92 Å². The highest BCUT2D eigenvalue weighted by atomic mass is 32.2. The molecule has 3 heterocycles. The molecule has 4 N–H and O–H groups in total. The van der Waals surface area contributed by atoms with E-state index in [0.717, 1.165) is 28.4 Å². The van der Waals surface area contributed by atoms with E-state index in [1.54, 1.807) is 13.0 Å². The maximum Gasteiger partial charge on any atom is 0.416 e. The van der Waals surface area contributed by atoms with Crippen LogP contribution in [0.5, 0.6) is 5.75 Å². The minimum atomic E-state index is -4.84. The third-order valence-corrected chi connectivity index (χ3v) is 11.1. The number of carbonyl (C=O) groups excluding carboxylic acids is 1. The highest BCUT2D eigenvalue weighted by Gasteiger charge is 2.48. The normalized spacial score (nSPS) is 26.1. The van der Waals surface area contributed by atoms with Gasteiger partial charge in [-0.25, -0.2) is 28.0 Å². The summed E-state index contributed by atoms with van der Waals surface area (Å²) >= 11 is 0. The summed E-state index contributed by atoms with van der Waals surface area (Å²) in [6.45, 7) is 1.63. The predicted octanol–water partition coefficient (Wildman–Crippen LogP) is 2.26. The number of benzene rings is 1. The van der Waals surface area contributed by atoms with E-state index in [1.165, 1.54) is 19.6 Å². The van der Waals surface area contributed by atoms with Crippen LogP contribution in [0.1, 0.15) is 38.2 Å². The zero-order chi connectivity index (χ0) is 36.7. The molecule has 0 radical (unpaired) electrons. The number of carbonyl (C=O) groups is 2. The number of aliphatic carboxylic acids is 1. The van der Waals surface area contributed by atoms with Gasteiger partial charge in [0.2, 0.25) is 6.29 Å². The van der Waals surface area contributed by atoms with Crippen LogP contribution < -0.4 is 14.5 Å². The van der Waals surface area contributed by atoms with Crippen molar-refractivity contribution < 1.29 is 61.1 Å². The summed E-state index contributed by atoms with van der Waals surface area (Å²) in [4.78, 5) is 36.9. The molecular formula is C31H38F3N5O10S. The van der Waals surface area contributed by atoms with Crippen LogP contribution in [0.4, 0.5) is 29.5 Å².